The van der Waals surface area contributed by atoms with Gasteiger partial charge >= 0.3 is 0 Å². The third kappa shape index (κ3) is 1.72. The van der Waals surface area contributed by atoms with Crippen molar-refractivity contribution in [3.8, 4) is 0 Å². The fraction of sp³-hybridized carbons (Fsp3) is 0.667. The maximum Gasteiger partial charge on any atom is 0.190 e. The molecule has 0 aromatic carbocycles. The van der Waals surface area contributed by atoms with Gasteiger partial charge in [0, 0.05) is 12.8 Å². The summed E-state index contributed by atoms with van der Waals surface area (Å²) in [5, 5.41) is 8.67. The van der Waals surface area contributed by atoms with Crippen LogP contribution in [-0.4, -0.2) is 33.2 Å². The number of rotatable bonds is 3. The van der Waals surface area contributed by atoms with Crippen molar-refractivity contribution in [3.05, 3.63) is 6.33 Å². The normalized spacial score (nSPS) is 22.1. The first-order valence-corrected chi connectivity index (χ1v) is 4.43. The molecule has 1 fully saturated rings. The number of aromatic nitrogens is 3. The largest absolute Gasteiger partial charge is 0.372 e. The minimum atomic E-state index is 0.455. The van der Waals surface area contributed by atoms with E-state index in [1.54, 1.807) is 18.1 Å². The Bertz CT molecular complexity index is 246. The van der Waals surface area contributed by atoms with Gasteiger partial charge in [0.05, 0.1) is 12.7 Å². The Hall–Kier alpha value is -0.550. The van der Waals surface area contributed by atoms with Crippen LogP contribution in [0.5, 0.6) is 0 Å². The molecule has 0 unspecified atom stereocenters. The van der Waals surface area contributed by atoms with Gasteiger partial charge in [0.25, 0.3) is 0 Å². The van der Waals surface area contributed by atoms with Crippen molar-refractivity contribution in [2.24, 2.45) is 7.05 Å². The van der Waals surface area contributed by atoms with E-state index < -0.39 is 0 Å². The molecule has 4 nitrogen and oxygen atoms in total. The van der Waals surface area contributed by atoms with Gasteiger partial charge in [-0.25, -0.2) is 0 Å². The number of epoxide rings is 1. The molecule has 0 N–H and O–H groups in total. The first-order chi connectivity index (χ1) is 5.36. The molecule has 1 atom stereocenters. The van der Waals surface area contributed by atoms with Crippen molar-refractivity contribution >= 4 is 11.8 Å². The van der Waals surface area contributed by atoms with Crippen LogP contribution < -0.4 is 0 Å². The SMILES string of the molecule is Cn1cnnc1SC[C@@H]1CO1. The van der Waals surface area contributed by atoms with Gasteiger partial charge in [0.1, 0.15) is 6.33 Å². The zero-order chi connectivity index (χ0) is 7.68. The highest BCUT2D eigenvalue weighted by Gasteiger charge is 2.22. The molecule has 0 spiro atoms. The van der Waals surface area contributed by atoms with Crippen molar-refractivity contribution in [2.75, 3.05) is 12.4 Å². The van der Waals surface area contributed by atoms with Gasteiger partial charge < -0.3 is 9.30 Å². The molecule has 0 radical (unpaired) electrons. The van der Waals surface area contributed by atoms with E-state index in [0.29, 0.717) is 6.10 Å². The van der Waals surface area contributed by atoms with E-state index in [1.807, 2.05) is 11.6 Å². The van der Waals surface area contributed by atoms with Crippen LogP contribution in [-0.2, 0) is 11.8 Å². The second kappa shape index (κ2) is 2.83. The maximum absolute atomic E-state index is 5.07. The van der Waals surface area contributed by atoms with Gasteiger partial charge in [-0.15, -0.1) is 10.2 Å². The molecule has 11 heavy (non-hydrogen) atoms. The van der Waals surface area contributed by atoms with Gasteiger partial charge in [0.15, 0.2) is 5.16 Å². The van der Waals surface area contributed by atoms with Gasteiger partial charge in [-0.3, -0.25) is 0 Å². The molecule has 0 aliphatic carbocycles. The molecule has 1 aliphatic heterocycles. The van der Waals surface area contributed by atoms with E-state index in [-0.39, 0.29) is 0 Å². The monoisotopic (exact) mass is 171 g/mol. The molecule has 0 saturated carbocycles. The van der Waals surface area contributed by atoms with Gasteiger partial charge in [-0.05, 0) is 0 Å². The lowest BCUT2D eigenvalue weighted by atomic mass is 10.6. The van der Waals surface area contributed by atoms with Crippen molar-refractivity contribution in [3.63, 3.8) is 0 Å². The number of hydrogen-bond donors (Lipinski definition) is 0. The zero-order valence-corrected chi connectivity index (χ0v) is 7.04. The fourth-order valence-electron chi connectivity index (χ4n) is 0.735. The molecule has 1 aliphatic rings. The Morgan fingerprint density at radius 1 is 1.91 bits per heavy atom. The van der Waals surface area contributed by atoms with E-state index in [0.717, 1.165) is 17.5 Å². The average molecular weight is 171 g/mol. The molecule has 5 heteroatoms. The summed E-state index contributed by atoms with van der Waals surface area (Å²) < 4.78 is 6.98. The first-order valence-electron chi connectivity index (χ1n) is 3.44. The molecule has 0 amide bonds. The number of ether oxygens (including phenoxy) is 1. The third-order valence-corrected chi connectivity index (χ3v) is 2.64. The highest BCUT2D eigenvalue weighted by Crippen LogP contribution is 2.21. The van der Waals surface area contributed by atoms with E-state index in [2.05, 4.69) is 10.2 Å². The standard InChI is InChI=1S/C6H9N3OS/c1-9-4-7-8-6(9)11-3-5-2-10-5/h4-5H,2-3H2,1H3/t5-/m0/s1. The number of nitrogens with zero attached hydrogens (tertiary/aromatic N) is 3. The molecule has 2 rings (SSSR count). The number of thioether (sulfide) groups is 1. The third-order valence-electron chi connectivity index (χ3n) is 1.47. The predicted octanol–water partition coefficient (Wildman–Crippen LogP) is 0.306. The van der Waals surface area contributed by atoms with Crippen LogP contribution in [0.15, 0.2) is 11.5 Å². The van der Waals surface area contributed by atoms with Crippen LogP contribution in [0.25, 0.3) is 0 Å². The Kier molecular flexibility index (Phi) is 1.83. The molecular formula is C6H9N3OS. The van der Waals surface area contributed by atoms with E-state index >= 15 is 0 Å². The molecule has 60 valence electrons. The molecule has 1 saturated heterocycles. The number of aryl methyl sites for hydroxylation is 1. The summed E-state index contributed by atoms with van der Waals surface area (Å²) >= 11 is 1.69. The molecule has 0 bridgehead atoms. The Labute approximate surface area is 68.9 Å². The minimum Gasteiger partial charge on any atom is -0.372 e. The van der Waals surface area contributed by atoms with E-state index in [1.165, 1.54) is 0 Å². The maximum atomic E-state index is 5.07. The van der Waals surface area contributed by atoms with Gasteiger partial charge in [0.2, 0.25) is 0 Å². The average Bonchev–Trinajstić information content (AvgIpc) is 2.73. The Balaban J connectivity index is 1.89. The van der Waals surface area contributed by atoms with Crippen LogP contribution in [0.4, 0.5) is 0 Å². The van der Waals surface area contributed by atoms with Crippen molar-refractivity contribution in [1.29, 1.82) is 0 Å². The quantitative estimate of drug-likeness (QED) is 0.485. The van der Waals surface area contributed by atoms with Crippen LogP contribution in [0.2, 0.25) is 0 Å². The summed E-state index contributed by atoms with van der Waals surface area (Å²) in [6.45, 7) is 0.908. The predicted molar refractivity (Wildman–Crippen MR) is 41.5 cm³/mol. The smallest absolute Gasteiger partial charge is 0.190 e. The van der Waals surface area contributed by atoms with Crippen LogP contribution in [0.3, 0.4) is 0 Å². The van der Waals surface area contributed by atoms with Gasteiger partial charge in [-0.1, -0.05) is 11.8 Å². The van der Waals surface area contributed by atoms with E-state index in [9.17, 15) is 0 Å². The highest BCUT2D eigenvalue weighted by atomic mass is 32.2. The minimum absolute atomic E-state index is 0.455. The van der Waals surface area contributed by atoms with Crippen molar-refractivity contribution in [1.82, 2.24) is 14.8 Å². The lowest BCUT2D eigenvalue weighted by Crippen LogP contribution is -1.94. The van der Waals surface area contributed by atoms with Gasteiger partial charge in [-0.2, -0.15) is 0 Å². The Morgan fingerprint density at radius 3 is 3.27 bits per heavy atom. The summed E-state index contributed by atoms with van der Waals surface area (Å²) in [6, 6.07) is 0. The number of hydrogen-bond acceptors (Lipinski definition) is 4. The lowest BCUT2D eigenvalue weighted by Gasteiger charge is -1.95. The summed E-state index contributed by atoms with van der Waals surface area (Å²) in [5.74, 6) is 0.993. The summed E-state index contributed by atoms with van der Waals surface area (Å²) in [7, 11) is 1.94. The topological polar surface area (TPSA) is 43.2 Å². The lowest BCUT2D eigenvalue weighted by molar-refractivity contribution is 0.426. The summed E-state index contributed by atoms with van der Waals surface area (Å²) in [5.41, 5.74) is 0. The summed E-state index contributed by atoms with van der Waals surface area (Å²) in [4.78, 5) is 0. The van der Waals surface area contributed by atoms with Crippen molar-refractivity contribution < 1.29 is 4.74 Å². The fourth-order valence-corrected chi connectivity index (χ4v) is 1.62. The van der Waals surface area contributed by atoms with Crippen LogP contribution in [0.1, 0.15) is 0 Å². The molecule has 1 aromatic heterocycles. The molecule has 2 heterocycles. The Morgan fingerprint density at radius 2 is 2.73 bits per heavy atom. The van der Waals surface area contributed by atoms with Crippen LogP contribution in [0, 0.1) is 0 Å². The molecule has 1 aromatic rings. The highest BCUT2D eigenvalue weighted by molar-refractivity contribution is 7.99. The van der Waals surface area contributed by atoms with Crippen LogP contribution >= 0.6 is 11.8 Å². The second-order valence-electron chi connectivity index (χ2n) is 2.49. The second-order valence-corrected chi connectivity index (χ2v) is 3.48. The summed E-state index contributed by atoms with van der Waals surface area (Å²) in [6.07, 6.45) is 2.16. The zero-order valence-electron chi connectivity index (χ0n) is 6.23. The van der Waals surface area contributed by atoms with Crippen molar-refractivity contribution in [2.45, 2.75) is 11.3 Å². The molecular weight excluding hydrogens is 162 g/mol. The van der Waals surface area contributed by atoms with E-state index in [4.69, 9.17) is 4.74 Å². The first kappa shape index (κ1) is 7.12.